The van der Waals surface area contributed by atoms with E-state index in [9.17, 15) is 9.59 Å². The molecule has 6 nitrogen and oxygen atoms in total. The van der Waals surface area contributed by atoms with Crippen molar-refractivity contribution in [1.82, 2.24) is 10.2 Å². The van der Waals surface area contributed by atoms with E-state index in [0.29, 0.717) is 31.9 Å². The molecule has 2 N–H and O–H groups in total. The summed E-state index contributed by atoms with van der Waals surface area (Å²) in [6.45, 7) is 5.07. The lowest BCUT2D eigenvalue weighted by atomic mass is 10.1. The minimum absolute atomic E-state index is 0.248. The van der Waals surface area contributed by atoms with E-state index in [4.69, 9.17) is 9.84 Å². The summed E-state index contributed by atoms with van der Waals surface area (Å²) in [5.74, 6) is -0.611. The smallest absolute Gasteiger partial charge is 0.317 e. The van der Waals surface area contributed by atoms with Gasteiger partial charge in [0.15, 0.2) is 0 Å². The maximum Gasteiger partial charge on any atom is 0.317 e. The second kappa shape index (κ2) is 7.49. The van der Waals surface area contributed by atoms with Crippen LogP contribution in [-0.2, 0) is 11.3 Å². The molecule has 0 saturated carbocycles. The average Bonchev–Trinajstić information content (AvgIpc) is 3.01. The van der Waals surface area contributed by atoms with Crippen molar-refractivity contribution in [1.29, 1.82) is 0 Å². The van der Waals surface area contributed by atoms with Gasteiger partial charge in [-0.3, -0.25) is 4.79 Å². The molecule has 0 spiro atoms. The van der Waals surface area contributed by atoms with Crippen LogP contribution in [0.5, 0.6) is 5.75 Å². The van der Waals surface area contributed by atoms with E-state index < -0.39 is 11.9 Å². The lowest BCUT2D eigenvalue weighted by Gasteiger charge is -2.17. The van der Waals surface area contributed by atoms with Crippen LogP contribution < -0.4 is 10.1 Å². The molecule has 0 bridgehead atoms. The summed E-state index contributed by atoms with van der Waals surface area (Å²) < 4.78 is 5.53. The molecule has 2 amide bonds. The predicted molar refractivity (Wildman–Crippen MR) is 81.7 cm³/mol. The fraction of sp³-hybridized carbons (Fsp3) is 0.375. The summed E-state index contributed by atoms with van der Waals surface area (Å²) in [5, 5.41) is 11.8. The van der Waals surface area contributed by atoms with Crippen LogP contribution in [0.4, 0.5) is 4.79 Å². The van der Waals surface area contributed by atoms with Gasteiger partial charge < -0.3 is 20.1 Å². The van der Waals surface area contributed by atoms with E-state index >= 15 is 0 Å². The first-order valence-electron chi connectivity index (χ1n) is 7.19. The Balaban J connectivity index is 1.89. The van der Waals surface area contributed by atoms with Gasteiger partial charge in [-0.2, -0.15) is 0 Å². The highest BCUT2D eigenvalue weighted by Gasteiger charge is 2.30. The van der Waals surface area contributed by atoms with E-state index in [1.54, 1.807) is 6.08 Å². The van der Waals surface area contributed by atoms with E-state index in [-0.39, 0.29) is 12.6 Å². The van der Waals surface area contributed by atoms with Crippen LogP contribution in [0.1, 0.15) is 12.0 Å². The summed E-state index contributed by atoms with van der Waals surface area (Å²) >= 11 is 0. The molecule has 0 radical (unpaired) electrons. The Hall–Kier alpha value is -2.50. The number of hydrogen-bond donors (Lipinski definition) is 2. The summed E-state index contributed by atoms with van der Waals surface area (Å²) in [7, 11) is 0. The highest BCUT2D eigenvalue weighted by Crippen LogP contribution is 2.19. The van der Waals surface area contributed by atoms with Crippen molar-refractivity contribution in [2.45, 2.75) is 13.0 Å². The molecule has 0 aromatic heterocycles. The Morgan fingerprint density at radius 3 is 2.91 bits per heavy atom. The van der Waals surface area contributed by atoms with Crippen LogP contribution in [0.3, 0.4) is 0 Å². The number of aliphatic carboxylic acids is 1. The lowest BCUT2D eigenvalue weighted by Crippen LogP contribution is -2.38. The van der Waals surface area contributed by atoms with Crippen LogP contribution in [0.25, 0.3) is 0 Å². The fourth-order valence-electron chi connectivity index (χ4n) is 2.37. The Kier molecular flexibility index (Phi) is 5.41. The monoisotopic (exact) mass is 304 g/mol. The maximum absolute atomic E-state index is 12.1. The van der Waals surface area contributed by atoms with Crippen molar-refractivity contribution in [3.8, 4) is 5.75 Å². The number of urea groups is 1. The number of rotatable bonds is 6. The molecule has 1 aliphatic rings. The zero-order chi connectivity index (χ0) is 15.9. The number of carboxylic acids is 1. The first kappa shape index (κ1) is 15.9. The molecule has 1 aromatic rings. The first-order chi connectivity index (χ1) is 10.6. The number of carboxylic acid groups (broad SMARTS) is 1. The lowest BCUT2D eigenvalue weighted by molar-refractivity contribution is -0.141. The number of amides is 2. The Morgan fingerprint density at radius 2 is 2.23 bits per heavy atom. The van der Waals surface area contributed by atoms with Gasteiger partial charge in [-0.25, -0.2) is 4.79 Å². The number of hydrogen-bond acceptors (Lipinski definition) is 3. The Labute approximate surface area is 129 Å². The largest absolute Gasteiger partial charge is 0.489 e. The molecule has 22 heavy (non-hydrogen) atoms. The van der Waals surface area contributed by atoms with E-state index in [1.165, 1.54) is 4.90 Å². The van der Waals surface area contributed by atoms with Gasteiger partial charge in [-0.05, 0) is 12.5 Å². The van der Waals surface area contributed by atoms with E-state index in [2.05, 4.69) is 11.9 Å². The van der Waals surface area contributed by atoms with Gasteiger partial charge in [-0.15, -0.1) is 0 Å². The van der Waals surface area contributed by atoms with Crippen molar-refractivity contribution in [3.05, 3.63) is 42.5 Å². The van der Waals surface area contributed by atoms with Crippen LogP contribution in [0.2, 0.25) is 0 Å². The molecule has 1 saturated heterocycles. The fourth-order valence-corrected chi connectivity index (χ4v) is 2.37. The molecule has 1 fully saturated rings. The molecule has 1 unspecified atom stereocenters. The van der Waals surface area contributed by atoms with Crippen molar-refractivity contribution in [2.75, 3.05) is 19.7 Å². The van der Waals surface area contributed by atoms with Gasteiger partial charge >= 0.3 is 12.0 Å². The van der Waals surface area contributed by atoms with E-state index in [0.717, 1.165) is 5.56 Å². The molecule has 6 heteroatoms. The second-order valence-corrected chi connectivity index (χ2v) is 5.14. The van der Waals surface area contributed by atoms with Crippen molar-refractivity contribution in [2.24, 2.45) is 5.92 Å². The van der Waals surface area contributed by atoms with Gasteiger partial charge in [0.2, 0.25) is 0 Å². The van der Waals surface area contributed by atoms with Gasteiger partial charge in [0, 0.05) is 25.2 Å². The highest BCUT2D eigenvalue weighted by atomic mass is 16.5. The highest BCUT2D eigenvalue weighted by molar-refractivity contribution is 5.77. The van der Waals surface area contributed by atoms with Crippen molar-refractivity contribution < 1.29 is 19.4 Å². The summed E-state index contributed by atoms with van der Waals surface area (Å²) in [4.78, 5) is 24.5. The normalized spacial score (nSPS) is 17.1. The third kappa shape index (κ3) is 4.00. The number of nitrogens with one attached hydrogen (secondary N) is 1. The van der Waals surface area contributed by atoms with Gasteiger partial charge in [0.1, 0.15) is 12.4 Å². The van der Waals surface area contributed by atoms with Gasteiger partial charge in [0.25, 0.3) is 0 Å². The van der Waals surface area contributed by atoms with Crippen molar-refractivity contribution in [3.63, 3.8) is 0 Å². The molecular formula is C16H20N2O4. The summed E-state index contributed by atoms with van der Waals surface area (Å²) in [6.07, 6.45) is 2.16. The SMILES string of the molecule is C=CCOc1ccccc1CNC(=O)N1CCC(C(=O)O)C1. The minimum atomic E-state index is -0.849. The summed E-state index contributed by atoms with van der Waals surface area (Å²) in [5.41, 5.74) is 0.867. The molecule has 1 aromatic carbocycles. The predicted octanol–water partition coefficient (Wildman–Crippen LogP) is 1.87. The van der Waals surface area contributed by atoms with Crippen molar-refractivity contribution >= 4 is 12.0 Å². The maximum atomic E-state index is 12.1. The van der Waals surface area contributed by atoms with Gasteiger partial charge in [-0.1, -0.05) is 30.9 Å². The molecule has 1 aliphatic heterocycles. The molecule has 118 valence electrons. The van der Waals surface area contributed by atoms with Crippen LogP contribution in [0, 0.1) is 5.92 Å². The molecule has 2 rings (SSSR count). The second-order valence-electron chi connectivity index (χ2n) is 5.14. The zero-order valence-electron chi connectivity index (χ0n) is 12.3. The Morgan fingerprint density at radius 1 is 1.45 bits per heavy atom. The first-order valence-corrected chi connectivity index (χ1v) is 7.19. The third-order valence-corrected chi connectivity index (χ3v) is 3.58. The van der Waals surface area contributed by atoms with Crippen LogP contribution in [-0.4, -0.2) is 41.7 Å². The zero-order valence-corrected chi connectivity index (χ0v) is 12.3. The van der Waals surface area contributed by atoms with E-state index in [1.807, 2.05) is 24.3 Å². The van der Waals surface area contributed by atoms with Crippen LogP contribution in [0.15, 0.2) is 36.9 Å². The Bertz CT molecular complexity index is 559. The number of nitrogens with zero attached hydrogens (tertiary/aromatic N) is 1. The number of carbonyl (C=O) groups is 2. The molecule has 1 heterocycles. The number of benzene rings is 1. The standard InChI is InChI=1S/C16H20N2O4/c1-2-9-22-14-6-4-3-5-12(14)10-17-16(21)18-8-7-13(11-18)15(19)20/h2-6,13H,1,7-11H2,(H,17,21)(H,19,20). The van der Waals surface area contributed by atoms with Gasteiger partial charge in [0.05, 0.1) is 5.92 Å². The average molecular weight is 304 g/mol. The van der Waals surface area contributed by atoms with Crippen LogP contribution >= 0.6 is 0 Å². The number of likely N-dealkylation sites (tertiary alicyclic amines) is 1. The summed E-state index contributed by atoms with van der Waals surface area (Å²) in [6, 6.07) is 7.20. The molecule has 0 aliphatic carbocycles. The quantitative estimate of drug-likeness (QED) is 0.786. The topological polar surface area (TPSA) is 78.9 Å². The number of ether oxygens (including phenoxy) is 1. The molecular weight excluding hydrogens is 284 g/mol. The minimum Gasteiger partial charge on any atom is -0.489 e. The number of para-hydroxylation sites is 1. The third-order valence-electron chi connectivity index (χ3n) is 3.58. The number of carbonyl (C=O) groups excluding carboxylic acids is 1. The molecule has 1 atom stereocenters.